The number of hydrogen-bond donors (Lipinski definition) is 1. The van der Waals surface area contributed by atoms with E-state index in [1.165, 1.54) is 48.5 Å². The third-order valence-corrected chi connectivity index (χ3v) is 8.21. The molecular formula is C25H30N6O2S. The number of benzene rings is 1. The van der Waals surface area contributed by atoms with Gasteiger partial charge in [0, 0.05) is 37.4 Å². The van der Waals surface area contributed by atoms with Gasteiger partial charge in [0.05, 0.1) is 0 Å². The van der Waals surface area contributed by atoms with Crippen LogP contribution in [0.15, 0.2) is 30.6 Å². The van der Waals surface area contributed by atoms with E-state index in [-0.39, 0.29) is 11.9 Å². The number of nitrogens with one attached hydrogen (secondary N) is 1. The number of fused-ring (bicyclic) bond motifs is 2. The number of amides is 1. The fraction of sp³-hybridized carbons (Fsp3) is 0.520. The fourth-order valence-electron chi connectivity index (χ4n) is 5.41. The van der Waals surface area contributed by atoms with Crippen molar-refractivity contribution in [3.8, 4) is 0 Å². The van der Waals surface area contributed by atoms with Gasteiger partial charge < -0.3 is 19.9 Å². The molecule has 0 aliphatic carbocycles. The zero-order valence-corrected chi connectivity index (χ0v) is 20.1. The maximum absolute atomic E-state index is 12.9. The Hall–Kier alpha value is -2.62. The van der Waals surface area contributed by atoms with Crippen LogP contribution in [0.4, 0.5) is 11.5 Å². The molecule has 1 unspecified atom stereocenters. The minimum atomic E-state index is -0.133. The second-order valence-corrected chi connectivity index (χ2v) is 10.4. The van der Waals surface area contributed by atoms with Gasteiger partial charge in [-0.1, -0.05) is 29.5 Å². The van der Waals surface area contributed by atoms with Crippen molar-refractivity contribution in [2.24, 2.45) is 0 Å². The molecule has 3 aromatic rings. The van der Waals surface area contributed by atoms with Crippen molar-refractivity contribution < 1.29 is 9.53 Å². The summed E-state index contributed by atoms with van der Waals surface area (Å²) in [6.07, 6.45) is 7.05. The molecule has 5 heterocycles. The summed E-state index contributed by atoms with van der Waals surface area (Å²) in [6, 6.07) is 8.77. The predicted molar refractivity (Wildman–Crippen MR) is 133 cm³/mol. The number of rotatable bonds is 6. The van der Waals surface area contributed by atoms with Crippen LogP contribution in [0, 0.1) is 0 Å². The molecular weight excluding hydrogens is 448 g/mol. The van der Waals surface area contributed by atoms with Gasteiger partial charge >= 0.3 is 0 Å². The summed E-state index contributed by atoms with van der Waals surface area (Å²) in [4.78, 5) is 32.3. The van der Waals surface area contributed by atoms with Crippen LogP contribution in [0.5, 0.6) is 0 Å². The van der Waals surface area contributed by atoms with Gasteiger partial charge in [0.2, 0.25) is 0 Å². The smallest absolute Gasteiger partial charge is 0.280 e. The molecule has 3 aliphatic rings. The first kappa shape index (κ1) is 21.9. The molecule has 0 radical (unpaired) electrons. The van der Waals surface area contributed by atoms with E-state index in [2.05, 4.69) is 49.4 Å². The summed E-state index contributed by atoms with van der Waals surface area (Å²) in [5.41, 5.74) is 3.27. The van der Waals surface area contributed by atoms with Gasteiger partial charge in [0.1, 0.15) is 16.7 Å². The lowest BCUT2D eigenvalue weighted by Gasteiger charge is -2.22. The normalized spacial score (nSPS) is 21.3. The van der Waals surface area contributed by atoms with Crippen LogP contribution in [0.2, 0.25) is 0 Å². The zero-order chi connectivity index (χ0) is 22.9. The van der Waals surface area contributed by atoms with Crippen molar-refractivity contribution in [3.05, 3.63) is 41.2 Å². The lowest BCUT2D eigenvalue weighted by molar-refractivity contribution is 0.0696. The highest BCUT2D eigenvalue weighted by molar-refractivity contribution is 7.20. The van der Waals surface area contributed by atoms with Crippen LogP contribution in [0.1, 0.15) is 53.4 Å². The molecule has 1 N–H and O–H groups in total. The summed E-state index contributed by atoms with van der Waals surface area (Å²) in [7, 11) is 0. The maximum atomic E-state index is 12.9. The Bertz CT molecular complexity index is 1170. The molecule has 2 saturated heterocycles. The van der Waals surface area contributed by atoms with E-state index in [0.717, 1.165) is 43.0 Å². The summed E-state index contributed by atoms with van der Waals surface area (Å²) in [5.74, 6) is 1.12. The number of ether oxygens (including phenoxy) is 1. The third kappa shape index (κ3) is 4.28. The molecule has 0 spiro atoms. The van der Waals surface area contributed by atoms with E-state index in [9.17, 15) is 4.79 Å². The van der Waals surface area contributed by atoms with Gasteiger partial charge in [-0.2, -0.15) is 0 Å². The second-order valence-electron chi connectivity index (χ2n) is 9.43. The summed E-state index contributed by atoms with van der Waals surface area (Å²) in [5, 5.41) is 3.56. The number of nitrogens with zero attached hydrogens (tertiary/aromatic N) is 5. The average Bonchev–Trinajstić information content (AvgIpc) is 3.62. The molecule has 6 rings (SSSR count). The maximum Gasteiger partial charge on any atom is 0.280 e. The lowest BCUT2D eigenvalue weighted by atomic mass is 9.98. The quantitative estimate of drug-likeness (QED) is 0.578. The standard InChI is InChI=1S/C25H30N6O2S/c32-23(28-18-8-13-33-14-9-18)25-29-21-22(26-16-27-24(21)34-25)31-15-17(7-12-30-10-3-4-11-30)19-5-1-2-6-20(19)31/h1-2,5-6,16-18H,3-4,7-15H2,(H,28,32). The van der Waals surface area contributed by atoms with E-state index in [4.69, 9.17) is 9.72 Å². The van der Waals surface area contributed by atoms with Crippen molar-refractivity contribution in [2.75, 3.05) is 44.3 Å². The largest absolute Gasteiger partial charge is 0.381 e. The molecule has 8 nitrogen and oxygen atoms in total. The number of anilines is 2. The van der Waals surface area contributed by atoms with Crippen LogP contribution < -0.4 is 10.2 Å². The molecule has 178 valence electrons. The van der Waals surface area contributed by atoms with Crippen molar-refractivity contribution >= 4 is 39.1 Å². The molecule has 0 saturated carbocycles. The van der Waals surface area contributed by atoms with Crippen LogP contribution >= 0.6 is 11.3 Å². The SMILES string of the molecule is O=C(NC1CCOCC1)c1nc2c(N3CC(CCN4CCCC4)c4ccccc43)ncnc2s1. The highest BCUT2D eigenvalue weighted by Crippen LogP contribution is 2.43. The summed E-state index contributed by atoms with van der Waals surface area (Å²) < 4.78 is 5.40. The lowest BCUT2D eigenvalue weighted by Crippen LogP contribution is -2.38. The highest BCUT2D eigenvalue weighted by Gasteiger charge is 2.32. The fourth-order valence-corrected chi connectivity index (χ4v) is 6.22. The molecule has 2 aromatic heterocycles. The Morgan fingerprint density at radius 2 is 1.97 bits per heavy atom. The number of carbonyl (C=O) groups excluding carboxylic acids is 1. The first-order chi connectivity index (χ1) is 16.8. The second kappa shape index (κ2) is 9.56. The molecule has 1 amide bonds. The molecule has 34 heavy (non-hydrogen) atoms. The minimum Gasteiger partial charge on any atom is -0.381 e. The summed E-state index contributed by atoms with van der Waals surface area (Å²) >= 11 is 1.34. The first-order valence-corrected chi connectivity index (χ1v) is 13.2. The van der Waals surface area contributed by atoms with Crippen LogP contribution in [0.25, 0.3) is 10.3 Å². The van der Waals surface area contributed by atoms with E-state index in [1.54, 1.807) is 6.33 Å². The van der Waals surface area contributed by atoms with Crippen LogP contribution in [-0.2, 0) is 4.74 Å². The zero-order valence-electron chi connectivity index (χ0n) is 19.3. The molecule has 0 bridgehead atoms. The first-order valence-electron chi connectivity index (χ1n) is 12.4. The highest BCUT2D eigenvalue weighted by atomic mass is 32.1. The van der Waals surface area contributed by atoms with Gasteiger partial charge in [-0.25, -0.2) is 15.0 Å². The Morgan fingerprint density at radius 1 is 1.15 bits per heavy atom. The number of aromatic nitrogens is 3. The van der Waals surface area contributed by atoms with Gasteiger partial charge in [-0.05, 0) is 63.4 Å². The molecule has 1 aromatic carbocycles. The minimum absolute atomic E-state index is 0.133. The Morgan fingerprint density at radius 3 is 2.82 bits per heavy atom. The number of thiazole rings is 1. The Balaban J connectivity index is 1.26. The molecule has 3 aliphatic heterocycles. The number of para-hydroxylation sites is 1. The van der Waals surface area contributed by atoms with E-state index >= 15 is 0 Å². The molecule has 9 heteroatoms. The van der Waals surface area contributed by atoms with Crippen LogP contribution in [0.3, 0.4) is 0 Å². The average molecular weight is 479 g/mol. The van der Waals surface area contributed by atoms with Gasteiger partial charge in [-0.3, -0.25) is 4.79 Å². The monoisotopic (exact) mass is 478 g/mol. The van der Waals surface area contributed by atoms with Gasteiger partial charge in [-0.15, -0.1) is 0 Å². The van der Waals surface area contributed by atoms with Crippen molar-refractivity contribution in [1.82, 2.24) is 25.2 Å². The Kier molecular flexibility index (Phi) is 6.15. The molecule has 1 atom stereocenters. The predicted octanol–water partition coefficient (Wildman–Crippen LogP) is 3.72. The van der Waals surface area contributed by atoms with Crippen LogP contribution in [-0.4, -0.2) is 71.2 Å². The van der Waals surface area contributed by atoms with Crippen molar-refractivity contribution in [2.45, 2.75) is 44.1 Å². The molecule has 2 fully saturated rings. The number of likely N-dealkylation sites (tertiary alicyclic amines) is 1. The summed E-state index contributed by atoms with van der Waals surface area (Å²) in [6.45, 7) is 5.84. The Labute approximate surface area is 203 Å². The van der Waals surface area contributed by atoms with Gasteiger partial charge in [0.25, 0.3) is 5.91 Å². The topological polar surface area (TPSA) is 83.5 Å². The number of carbonyl (C=O) groups is 1. The van der Waals surface area contributed by atoms with E-state index in [0.29, 0.717) is 29.7 Å². The van der Waals surface area contributed by atoms with Crippen molar-refractivity contribution in [1.29, 1.82) is 0 Å². The van der Waals surface area contributed by atoms with Crippen molar-refractivity contribution in [3.63, 3.8) is 0 Å². The van der Waals surface area contributed by atoms with E-state index < -0.39 is 0 Å². The number of hydrogen-bond acceptors (Lipinski definition) is 8. The third-order valence-electron chi connectivity index (χ3n) is 7.25. The van der Waals surface area contributed by atoms with Gasteiger partial charge in [0.15, 0.2) is 10.8 Å². The van der Waals surface area contributed by atoms with E-state index in [1.807, 2.05) is 0 Å².